The number of pyridine rings is 1. The fourth-order valence-electron chi connectivity index (χ4n) is 1.77. The van der Waals surface area contributed by atoms with E-state index in [1.165, 1.54) is 0 Å². The van der Waals surface area contributed by atoms with Crippen molar-refractivity contribution in [2.45, 2.75) is 19.8 Å². The molecular formula is C15H16N2OS. The van der Waals surface area contributed by atoms with Crippen LogP contribution in [-0.4, -0.2) is 9.97 Å². The monoisotopic (exact) mass is 272 g/mol. The number of hydrogen-bond donors (Lipinski definition) is 1. The maximum absolute atomic E-state index is 5.84. The maximum atomic E-state index is 5.84. The van der Waals surface area contributed by atoms with Gasteiger partial charge in [-0.15, -0.1) is 0 Å². The summed E-state index contributed by atoms with van der Waals surface area (Å²) < 4.78 is 5.84. The number of thiocarbonyl (C=S) groups is 1. The molecule has 98 valence electrons. The highest BCUT2D eigenvalue weighted by molar-refractivity contribution is 7.80. The normalized spacial score (nSPS) is 10.5. The lowest BCUT2D eigenvalue weighted by molar-refractivity contribution is 0.454. The fourth-order valence-corrected chi connectivity index (χ4v) is 1.89. The van der Waals surface area contributed by atoms with E-state index in [-0.39, 0.29) is 4.99 Å². The van der Waals surface area contributed by atoms with Crippen LogP contribution in [0, 0.1) is 0 Å². The van der Waals surface area contributed by atoms with E-state index in [1.807, 2.05) is 24.3 Å². The summed E-state index contributed by atoms with van der Waals surface area (Å²) >= 11 is 4.91. The minimum atomic E-state index is 0.266. The highest BCUT2D eigenvalue weighted by Crippen LogP contribution is 2.29. The number of para-hydroxylation sites is 1. The van der Waals surface area contributed by atoms with Gasteiger partial charge in [0.2, 0.25) is 5.88 Å². The first-order chi connectivity index (χ1) is 9.08. The quantitative estimate of drug-likeness (QED) is 0.863. The third kappa shape index (κ3) is 3.29. The van der Waals surface area contributed by atoms with E-state index in [1.54, 1.807) is 12.1 Å². The van der Waals surface area contributed by atoms with Gasteiger partial charge in [0.05, 0.1) is 0 Å². The molecule has 0 fully saturated rings. The van der Waals surface area contributed by atoms with Crippen LogP contribution < -0.4 is 10.5 Å². The van der Waals surface area contributed by atoms with Gasteiger partial charge >= 0.3 is 0 Å². The number of nitrogens with two attached hydrogens (primary N) is 1. The smallest absolute Gasteiger partial charge is 0.219 e. The molecule has 4 heteroatoms. The van der Waals surface area contributed by atoms with Crippen molar-refractivity contribution in [2.75, 3.05) is 0 Å². The zero-order chi connectivity index (χ0) is 13.8. The summed E-state index contributed by atoms with van der Waals surface area (Å²) in [5.74, 6) is 1.69. The fraction of sp³-hybridized carbons (Fsp3) is 0.200. The molecule has 19 heavy (non-hydrogen) atoms. The van der Waals surface area contributed by atoms with Gasteiger partial charge in [0, 0.05) is 6.07 Å². The molecule has 0 amide bonds. The number of nitrogens with zero attached hydrogens (tertiary/aromatic N) is 1. The Morgan fingerprint density at radius 2 is 1.89 bits per heavy atom. The molecule has 1 aromatic heterocycles. The van der Waals surface area contributed by atoms with Crippen LogP contribution in [-0.2, 0) is 0 Å². The summed E-state index contributed by atoms with van der Waals surface area (Å²) in [6.07, 6.45) is 0. The molecule has 0 radical (unpaired) electrons. The van der Waals surface area contributed by atoms with E-state index in [4.69, 9.17) is 22.7 Å². The maximum Gasteiger partial charge on any atom is 0.219 e. The standard InChI is InChI=1S/C15H16N2OS/c1-10(2)11-6-3-4-8-13(11)18-14-9-5-7-12(17-14)15(16)19/h3-10H,1-2H3,(H2,16,19). The van der Waals surface area contributed by atoms with E-state index in [2.05, 4.69) is 24.9 Å². The molecule has 0 aliphatic rings. The van der Waals surface area contributed by atoms with E-state index in [0.29, 0.717) is 17.5 Å². The van der Waals surface area contributed by atoms with Gasteiger partial charge in [-0.05, 0) is 23.6 Å². The number of aromatic nitrogens is 1. The van der Waals surface area contributed by atoms with E-state index >= 15 is 0 Å². The molecule has 2 rings (SSSR count). The van der Waals surface area contributed by atoms with Crippen molar-refractivity contribution in [1.82, 2.24) is 4.98 Å². The number of rotatable bonds is 4. The lowest BCUT2D eigenvalue weighted by Crippen LogP contribution is -2.11. The molecule has 3 nitrogen and oxygen atoms in total. The summed E-state index contributed by atoms with van der Waals surface area (Å²) in [5, 5.41) is 0. The highest BCUT2D eigenvalue weighted by Gasteiger charge is 2.09. The van der Waals surface area contributed by atoms with Crippen molar-refractivity contribution >= 4 is 17.2 Å². The van der Waals surface area contributed by atoms with Crippen molar-refractivity contribution in [3.05, 3.63) is 53.7 Å². The minimum absolute atomic E-state index is 0.266. The summed E-state index contributed by atoms with van der Waals surface area (Å²) in [6.45, 7) is 4.25. The molecule has 0 bridgehead atoms. The Balaban J connectivity index is 2.31. The van der Waals surface area contributed by atoms with Gasteiger partial charge < -0.3 is 10.5 Å². The molecule has 0 spiro atoms. The second kappa shape index (κ2) is 5.80. The zero-order valence-corrected chi connectivity index (χ0v) is 11.8. The van der Waals surface area contributed by atoms with Crippen LogP contribution in [0.5, 0.6) is 11.6 Å². The number of hydrogen-bond acceptors (Lipinski definition) is 3. The Kier molecular flexibility index (Phi) is 4.12. The van der Waals surface area contributed by atoms with Gasteiger partial charge in [0.15, 0.2) is 0 Å². The summed E-state index contributed by atoms with van der Waals surface area (Å²) in [5.41, 5.74) is 7.28. The first-order valence-electron chi connectivity index (χ1n) is 6.11. The Morgan fingerprint density at radius 1 is 1.16 bits per heavy atom. The van der Waals surface area contributed by atoms with Crippen molar-refractivity contribution in [3.63, 3.8) is 0 Å². The predicted octanol–water partition coefficient (Wildman–Crippen LogP) is 3.63. The Hall–Kier alpha value is -1.94. The van der Waals surface area contributed by atoms with Gasteiger partial charge in [-0.25, -0.2) is 4.98 Å². The second-order valence-electron chi connectivity index (χ2n) is 4.52. The molecule has 1 heterocycles. The average molecular weight is 272 g/mol. The Bertz CT molecular complexity index is 596. The molecule has 2 aromatic rings. The van der Waals surface area contributed by atoms with Gasteiger partial charge in [-0.2, -0.15) is 0 Å². The first-order valence-corrected chi connectivity index (χ1v) is 6.52. The van der Waals surface area contributed by atoms with E-state index in [0.717, 1.165) is 11.3 Å². The summed E-state index contributed by atoms with van der Waals surface area (Å²) in [7, 11) is 0. The number of benzene rings is 1. The SMILES string of the molecule is CC(C)c1ccccc1Oc1cccc(C(N)=S)n1. The van der Waals surface area contributed by atoms with Gasteiger partial charge in [-0.3, -0.25) is 0 Å². The number of ether oxygens (including phenoxy) is 1. The molecule has 0 unspecified atom stereocenters. The Morgan fingerprint density at radius 3 is 2.58 bits per heavy atom. The minimum Gasteiger partial charge on any atom is -0.439 e. The summed E-state index contributed by atoms with van der Waals surface area (Å²) in [4.78, 5) is 4.55. The van der Waals surface area contributed by atoms with Gasteiger partial charge in [-0.1, -0.05) is 50.3 Å². The van der Waals surface area contributed by atoms with Crippen molar-refractivity contribution < 1.29 is 4.74 Å². The average Bonchev–Trinajstić information content (AvgIpc) is 2.39. The molecular weight excluding hydrogens is 256 g/mol. The Labute approximate surface area is 118 Å². The van der Waals surface area contributed by atoms with Crippen LogP contribution in [0.4, 0.5) is 0 Å². The largest absolute Gasteiger partial charge is 0.439 e. The van der Waals surface area contributed by atoms with Crippen LogP contribution >= 0.6 is 12.2 Å². The topological polar surface area (TPSA) is 48.1 Å². The third-order valence-corrected chi connectivity index (χ3v) is 2.94. The highest BCUT2D eigenvalue weighted by atomic mass is 32.1. The van der Waals surface area contributed by atoms with Crippen LogP contribution in [0.25, 0.3) is 0 Å². The van der Waals surface area contributed by atoms with Crippen molar-refractivity contribution in [1.29, 1.82) is 0 Å². The summed E-state index contributed by atoms with van der Waals surface area (Å²) in [6, 6.07) is 13.3. The molecule has 2 N–H and O–H groups in total. The van der Waals surface area contributed by atoms with Gasteiger partial charge in [0.25, 0.3) is 0 Å². The van der Waals surface area contributed by atoms with Crippen LogP contribution in [0.2, 0.25) is 0 Å². The van der Waals surface area contributed by atoms with E-state index < -0.39 is 0 Å². The molecule has 0 saturated heterocycles. The molecule has 0 aliphatic carbocycles. The molecule has 0 aliphatic heterocycles. The molecule has 0 saturated carbocycles. The zero-order valence-electron chi connectivity index (χ0n) is 11.0. The predicted molar refractivity (Wildman–Crippen MR) is 80.7 cm³/mol. The lowest BCUT2D eigenvalue weighted by Gasteiger charge is -2.13. The van der Waals surface area contributed by atoms with Crippen LogP contribution in [0.3, 0.4) is 0 Å². The lowest BCUT2D eigenvalue weighted by atomic mass is 10.0. The molecule has 1 aromatic carbocycles. The van der Waals surface area contributed by atoms with Crippen LogP contribution in [0.15, 0.2) is 42.5 Å². The second-order valence-corrected chi connectivity index (χ2v) is 4.96. The first kappa shape index (κ1) is 13.5. The van der Waals surface area contributed by atoms with Crippen molar-refractivity contribution in [3.8, 4) is 11.6 Å². The van der Waals surface area contributed by atoms with Crippen molar-refractivity contribution in [2.24, 2.45) is 5.73 Å². The van der Waals surface area contributed by atoms with E-state index in [9.17, 15) is 0 Å². The third-order valence-electron chi connectivity index (χ3n) is 2.73. The van der Waals surface area contributed by atoms with Gasteiger partial charge in [0.1, 0.15) is 16.4 Å². The molecule has 0 atom stereocenters. The van der Waals surface area contributed by atoms with Crippen LogP contribution in [0.1, 0.15) is 31.0 Å².